The van der Waals surface area contributed by atoms with Gasteiger partial charge in [0.2, 0.25) is 0 Å². The Kier molecular flexibility index (Phi) is 8.60. The Morgan fingerprint density at radius 1 is 0.542 bits per heavy atom. The van der Waals surface area contributed by atoms with Crippen LogP contribution < -0.4 is 18.9 Å². The van der Waals surface area contributed by atoms with Crippen LogP contribution in [0.5, 0.6) is 23.0 Å². The van der Waals surface area contributed by atoms with E-state index in [1.54, 1.807) is 21.3 Å². The molecule has 1 aliphatic carbocycles. The number of aromatic nitrogens is 2. The van der Waals surface area contributed by atoms with Crippen molar-refractivity contribution in [3.05, 3.63) is 186 Å². The Hall–Kier alpha value is -7.18. The van der Waals surface area contributed by atoms with Crippen molar-refractivity contribution in [3.63, 3.8) is 0 Å². The summed E-state index contributed by atoms with van der Waals surface area (Å²) in [6, 6.07) is 52.1. The summed E-state index contributed by atoms with van der Waals surface area (Å²) in [4.78, 5) is 10.1. The molecule has 0 bridgehead atoms. The Morgan fingerprint density at radius 2 is 1.10 bits per heavy atom. The van der Waals surface area contributed by atoms with Crippen molar-refractivity contribution in [2.24, 2.45) is 0 Å². The molecule has 1 atom stereocenters. The molecular formula is C53H42N2O4. The van der Waals surface area contributed by atoms with Gasteiger partial charge in [-0.25, -0.2) is 9.97 Å². The molecule has 8 aromatic rings. The number of rotatable bonds is 8. The first kappa shape index (κ1) is 36.2. The van der Waals surface area contributed by atoms with E-state index in [4.69, 9.17) is 28.9 Å². The number of fused-ring (bicyclic) bond motifs is 8. The molecule has 288 valence electrons. The van der Waals surface area contributed by atoms with Gasteiger partial charge in [-0.2, -0.15) is 0 Å². The summed E-state index contributed by atoms with van der Waals surface area (Å²) in [6.45, 7) is 4.62. The highest BCUT2D eigenvalue weighted by atomic mass is 16.5. The lowest BCUT2D eigenvalue weighted by molar-refractivity contribution is 0.163. The molecule has 0 radical (unpaired) electrons. The molecular weight excluding hydrogens is 729 g/mol. The van der Waals surface area contributed by atoms with E-state index >= 15 is 0 Å². The van der Waals surface area contributed by atoms with Gasteiger partial charge in [0, 0.05) is 44.2 Å². The monoisotopic (exact) mass is 770 g/mol. The number of hydrogen-bond acceptors (Lipinski definition) is 6. The van der Waals surface area contributed by atoms with Crippen LogP contribution in [0.4, 0.5) is 0 Å². The van der Waals surface area contributed by atoms with Crippen LogP contribution in [0.2, 0.25) is 0 Å². The van der Waals surface area contributed by atoms with Gasteiger partial charge in [-0.15, -0.1) is 0 Å². The van der Waals surface area contributed by atoms with Crippen LogP contribution in [-0.2, 0) is 11.0 Å². The first-order valence-corrected chi connectivity index (χ1v) is 19.8. The molecule has 0 saturated carbocycles. The van der Waals surface area contributed by atoms with Crippen LogP contribution in [-0.4, -0.2) is 31.3 Å². The summed E-state index contributed by atoms with van der Waals surface area (Å²) < 4.78 is 25.0. The standard InChI is InChI=1S/C53H42N2O4/c1-52(2)43-19-13-12-18-39(43)48-41-30-46(57-4)47(58-5)31-42(41)50-40(49(48)52)28-29-53(59-50,37-24-26-38(56-3)27-25-37)36-22-20-34(21-23-36)45-32-44(33-14-8-6-9-15-33)54-51(55-45)35-16-10-7-11-17-35/h6-32H,1-5H3. The zero-order valence-corrected chi connectivity index (χ0v) is 33.6. The first-order chi connectivity index (χ1) is 28.8. The van der Waals surface area contributed by atoms with Crippen molar-refractivity contribution in [2.75, 3.05) is 21.3 Å². The van der Waals surface area contributed by atoms with Crippen molar-refractivity contribution in [2.45, 2.75) is 24.9 Å². The fourth-order valence-electron chi connectivity index (χ4n) is 9.05. The molecule has 0 saturated heterocycles. The lowest BCUT2D eigenvalue weighted by Crippen LogP contribution is -2.35. The maximum absolute atomic E-state index is 7.62. The molecule has 6 heteroatoms. The predicted molar refractivity (Wildman–Crippen MR) is 236 cm³/mol. The molecule has 59 heavy (non-hydrogen) atoms. The van der Waals surface area contributed by atoms with Crippen LogP contribution in [0.1, 0.15) is 41.7 Å². The topological polar surface area (TPSA) is 62.7 Å². The molecule has 1 aromatic heterocycles. The molecule has 0 N–H and O–H groups in total. The van der Waals surface area contributed by atoms with Gasteiger partial charge in [0.15, 0.2) is 22.9 Å². The second kappa shape index (κ2) is 14.0. The minimum Gasteiger partial charge on any atom is -0.497 e. The van der Waals surface area contributed by atoms with E-state index in [1.807, 2.05) is 60.7 Å². The van der Waals surface area contributed by atoms with Crippen molar-refractivity contribution < 1.29 is 18.9 Å². The first-order valence-electron chi connectivity index (χ1n) is 19.8. The van der Waals surface area contributed by atoms with Crippen molar-refractivity contribution in [1.29, 1.82) is 0 Å². The third-order valence-corrected chi connectivity index (χ3v) is 12.0. The van der Waals surface area contributed by atoms with E-state index in [0.29, 0.717) is 17.3 Å². The maximum atomic E-state index is 7.62. The van der Waals surface area contributed by atoms with Crippen LogP contribution in [0.15, 0.2) is 158 Å². The van der Waals surface area contributed by atoms with Gasteiger partial charge in [0.25, 0.3) is 0 Å². The number of ether oxygens (including phenoxy) is 4. The molecule has 2 heterocycles. The molecule has 0 spiro atoms. The highest BCUT2D eigenvalue weighted by molar-refractivity contribution is 6.09. The van der Waals surface area contributed by atoms with Gasteiger partial charge in [-0.05, 0) is 64.0 Å². The average Bonchev–Trinajstić information content (AvgIpc) is 3.55. The number of hydrogen-bond donors (Lipinski definition) is 0. The highest BCUT2D eigenvalue weighted by Gasteiger charge is 2.44. The van der Waals surface area contributed by atoms with E-state index in [-0.39, 0.29) is 5.41 Å². The Bertz CT molecular complexity index is 2860. The zero-order chi connectivity index (χ0) is 40.3. The third kappa shape index (κ3) is 5.78. The van der Waals surface area contributed by atoms with Gasteiger partial charge in [0.1, 0.15) is 11.5 Å². The third-order valence-electron chi connectivity index (χ3n) is 12.0. The van der Waals surface area contributed by atoms with Crippen LogP contribution in [0.3, 0.4) is 0 Å². The largest absolute Gasteiger partial charge is 0.497 e. The molecule has 6 nitrogen and oxygen atoms in total. The number of methoxy groups -OCH3 is 3. The fraction of sp³-hybridized carbons (Fsp3) is 0.132. The minimum atomic E-state index is -1.00. The molecule has 1 aliphatic heterocycles. The second-order valence-corrected chi connectivity index (χ2v) is 15.6. The smallest absolute Gasteiger partial charge is 0.178 e. The van der Waals surface area contributed by atoms with E-state index in [0.717, 1.165) is 67.0 Å². The summed E-state index contributed by atoms with van der Waals surface area (Å²) in [7, 11) is 5.05. The molecule has 10 rings (SSSR count). The Labute approximate surface area is 344 Å². The summed E-state index contributed by atoms with van der Waals surface area (Å²) in [5, 5.41) is 2.00. The van der Waals surface area contributed by atoms with Crippen LogP contribution >= 0.6 is 0 Å². The predicted octanol–water partition coefficient (Wildman–Crippen LogP) is 12.3. The minimum absolute atomic E-state index is 0.290. The average molecular weight is 771 g/mol. The maximum Gasteiger partial charge on any atom is 0.178 e. The number of benzene rings is 7. The van der Waals surface area contributed by atoms with E-state index in [2.05, 4.69) is 117 Å². The van der Waals surface area contributed by atoms with Crippen LogP contribution in [0.25, 0.3) is 61.9 Å². The van der Waals surface area contributed by atoms with Gasteiger partial charge in [-0.3, -0.25) is 0 Å². The summed E-state index contributed by atoms with van der Waals surface area (Å²) >= 11 is 0. The molecule has 1 unspecified atom stereocenters. The van der Waals surface area contributed by atoms with E-state index < -0.39 is 5.60 Å². The molecule has 2 aliphatic rings. The number of nitrogens with zero attached hydrogens (tertiary/aromatic N) is 2. The second-order valence-electron chi connectivity index (χ2n) is 15.6. The van der Waals surface area contributed by atoms with E-state index in [9.17, 15) is 0 Å². The van der Waals surface area contributed by atoms with Crippen molar-refractivity contribution in [1.82, 2.24) is 9.97 Å². The quantitative estimate of drug-likeness (QED) is 0.153. The SMILES string of the molecule is COc1ccc(C2(c3ccc(-c4cc(-c5ccccc5)nc(-c5ccccc5)n4)cc3)C=Cc3c4c(c5cc(OC)c(OC)cc5c3O2)-c2ccccc2C4(C)C)cc1. The normalized spacial score (nSPS) is 15.8. The van der Waals surface area contributed by atoms with Gasteiger partial charge >= 0.3 is 0 Å². The van der Waals surface area contributed by atoms with Crippen molar-refractivity contribution in [3.8, 4) is 68.0 Å². The Morgan fingerprint density at radius 3 is 1.73 bits per heavy atom. The lowest BCUT2D eigenvalue weighted by Gasteiger charge is -2.38. The van der Waals surface area contributed by atoms with Crippen LogP contribution in [0, 0.1) is 0 Å². The fourth-order valence-corrected chi connectivity index (χ4v) is 9.05. The molecule has 7 aromatic carbocycles. The lowest BCUT2D eigenvalue weighted by atomic mass is 9.76. The van der Waals surface area contributed by atoms with E-state index in [1.165, 1.54) is 22.3 Å². The van der Waals surface area contributed by atoms with Gasteiger partial charge in [0.05, 0.1) is 32.7 Å². The zero-order valence-electron chi connectivity index (χ0n) is 33.6. The highest BCUT2D eigenvalue weighted by Crippen LogP contribution is 2.59. The molecule has 0 fully saturated rings. The molecule has 0 amide bonds. The Balaban J connectivity index is 1.17. The van der Waals surface area contributed by atoms with Crippen molar-refractivity contribution >= 4 is 16.8 Å². The van der Waals surface area contributed by atoms with Gasteiger partial charge in [-0.1, -0.05) is 141 Å². The van der Waals surface area contributed by atoms with Gasteiger partial charge < -0.3 is 18.9 Å². The summed E-state index contributed by atoms with van der Waals surface area (Å²) in [5.41, 5.74) is 11.3. The summed E-state index contributed by atoms with van der Waals surface area (Å²) in [6.07, 6.45) is 4.48. The summed E-state index contributed by atoms with van der Waals surface area (Å²) in [5.74, 6) is 3.54.